The maximum atomic E-state index is 9.41. The second-order valence-corrected chi connectivity index (χ2v) is 4.75. The number of rotatable bonds is 4. The van der Waals surface area contributed by atoms with Crippen LogP contribution >= 0.6 is 15.9 Å². The number of hydrogen-bond acceptors (Lipinski definition) is 3. The van der Waals surface area contributed by atoms with Crippen molar-refractivity contribution >= 4 is 21.6 Å². The third-order valence-electron chi connectivity index (χ3n) is 2.48. The summed E-state index contributed by atoms with van der Waals surface area (Å²) in [6, 6.07) is 7.70. The molecule has 0 amide bonds. The fraction of sp³-hybridized carbons (Fsp3) is 0.250. The van der Waals surface area contributed by atoms with Crippen molar-refractivity contribution in [3.8, 4) is 0 Å². The highest BCUT2D eigenvalue weighted by Gasteiger charge is 2.11. The predicted molar refractivity (Wildman–Crippen MR) is 70.8 cm³/mol. The van der Waals surface area contributed by atoms with Crippen LogP contribution in [0.4, 0.5) is 5.69 Å². The van der Waals surface area contributed by atoms with Gasteiger partial charge in [-0.05, 0) is 18.2 Å². The van der Waals surface area contributed by atoms with E-state index < -0.39 is 0 Å². The summed E-state index contributed by atoms with van der Waals surface area (Å²) in [6.45, 7) is 0.0260. The summed E-state index contributed by atoms with van der Waals surface area (Å²) in [5, 5.41) is 16.8. The van der Waals surface area contributed by atoms with E-state index in [1.54, 1.807) is 10.9 Å². The van der Waals surface area contributed by atoms with E-state index in [0.717, 1.165) is 15.7 Å². The molecule has 0 saturated heterocycles. The molecule has 1 aromatic carbocycles. The molecular weight excluding hydrogens is 282 g/mol. The van der Waals surface area contributed by atoms with Gasteiger partial charge in [-0.2, -0.15) is 5.10 Å². The van der Waals surface area contributed by atoms with Gasteiger partial charge in [0, 0.05) is 29.0 Å². The van der Waals surface area contributed by atoms with Crippen LogP contribution in [0.5, 0.6) is 0 Å². The van der Waals surface area contributed by atoms with Gasteiger partial charge >= 0.3 is 0 Å². The fourth-order valence-corrected chi connectivity index (χ4v) is 2.03. The first kappa shape index (κ1) is 12.1. The Morgan fingerprint density at radius 3 is 2.94 bits per heavy atom. The average molecular weight is 296 g/mol. The van der Waals surface area contributed by atoms with Crippen LogP contribution < -0.4 is 5.32 Å². The van der Waals surface area contributed by atoms with Gasteiger partial charge in [-0.15, -0.1) is 0 Å². The smallest absolute Gasteiger partial charge is 0.0775 e. The van der Waals surface area contributed by atoms with E-state index in [-0.39, 0.29) is 12.6 Å². The zero-order valence-corrected chi connectivity index (χ0v) is 11.1. The van der Waals surface area contributed by atoms with Gasteiger partial charge in [-0.3, -0.25) is 4.68 Å². The van der Waals surface area contributed by atoms with E-state index in [9.17, 15) is 5.11 Å². The number of hydrogen-bond donors (Lipinski definition) is 2. The molecule has 1 aromatic heterocycles. The monoisotopic (exact) mass is 295 g/mol. The summed E-state index contributed by atoms with van der Waals surface area (Å²) in [5.74, 6) is 0. The minimum absolute atomic E-state index is 0.0260. The molecule has 2 N–H and O–H groups in total. The molecule has 1 heterocycles. The largest absolute Gasteiger partial charge is 0.394 e. The Bertz CT molecular complexity index is 498. The van der Waals surface area contributed by atoms with Crippen LogP contribution in [0.2, 0.25) is 0 Å². The summed E-state index contributed by atoms with van der Waals surface area (Å²) < 4.78 is 2.73. The van der Waals surface area contributed by atoms with Crippen molar-refractivity contribution in [1.82, 2.24) is 9.78 Å². The van der Waals surface area contributed by atoms with Gasteiger partial charge in [0.25, 0.3) is 0 Å². The molecule has 2 rings (SSSR count). The molecule has 0 fully saturated rings. The highest BCUT2D eigenvalue weighted by Crippen LogP contribution is 2.21. The van der Waals surface area contributed by atoms with Gasteiger partial charge in [0.05, 0.1) is 18.8 Å². The molecule has 0 saturated carbocycles. The standard InChI is InChI=1S/C12H14BrN3O/c1-16-7-9(6-14-16)12(8-17)15-11-4-2-3-10(13)5-11/h2-7,12,15,17H,8H2,1H3. The SMILES string of the molecule is Cn1cc(C(CO)Nc2cccc(Br)c2)cn1. The minimum Gasteiger partial charge on any atom is -0.394 e. The molecule has 1 atom stereocenters. The maximum Gasteiger partial charge on any atom is 0.0775 e. The highest BCUT2D eigenvalue weighted by molar-refractivity contribution is 9.10. The Hall–Kier alpha value is -1.33. The van der Waals surface area contributed by atoms with Crippen molar-refractivity contribution in [2.75, 3.05) is 11.9 Å². The Morgan fingerprint density at radius 2 is 2.35 bits per heavy atom. The van der Waals surface area contributed by atoms with Gasteiger partial charge in [0.2, 0.25) is 0 Å². The first-order valence-electron chi connectivity index (χ1n) is 5.30. The topological polar surface area (TPSA) is 50.1 Å². The number of anilines is 1. The van der Waals surface area contributed by atoms with E-state index in [2.05, 4.69) is 26.3 Å². The van der Waals surface area contributed by atoms with Crippen LogP contribution in [-0.4, -0.2) is 21.5 Å². The van der Waals surface area contributed by atoms with Crippen molar-refractivity contribution in [3.63, 3.8) is 0 Å². The lowest BCUT2D eigenvalue weighted by atomic mass is 10.1. The Labute approximate surface area is 108 Å². The zero-order chi connectivity index (χ0) is 12.3. The molecule has 0 aliphatic rings. The van der Waals surface area contributed by atoms with Crippen molar-refractivity contribution < 1.29 is 5.11 Å². The molecular formula is C12H14BrN3O. The van der Waals surface area contributed by atoms with E-state index in [4.69, 9.17) is 0 Å². The number of aromatic nitrogens is 2. The van der Waals surface area contributed by atoms with E-state index in [1.165, 1.54) is 0 Å². The van der Waals surface area contributed by atoms with Crippen molar-refractivity contribution in [1.29, 1.82) is 0 Å². The second-order valence-electron chi connectivity index (χ2n) is 3.84. The molecule has 0 spiro atoms. The van der Waals surface area contributed by atoms with Crippen LogP contribution in [0, 0.1) is 0 Å². The molecule has 0 bridgehead atoms. The van der Waals surface area contributed by atoms with E-state index >= 15 is 0 Å². The number of benzene rings is 1. The van der Waals surface area contributed by atoms with Crippen LogP contribution in [-0.2, 0) is 7.05 Å². The molecule has 1 unspecified atom stereocenters. The number of nitrogens with one attached hydrogen (secondary N) is 1. The van der Waals surface area contributed by atoms with Crippen molar-refractivity contribution in [3.05, 3.63) is 46.7 Å². The number of aliphatic hydroxyl groups excluding tert-OH is 1. The van der Waals surface area contributed by atoms with E-state index in [1.807, 2.05) is 37.5 Å². The molecule has 2 aromatic rings. The van der Waals surface area contributed by atoms with Gasteiger partial charge < -0.3 is 10.4 Å². The van der Waals surface area contributed by atoms with Crippen LogP contribution in [0.25, 0.3) is 0 Å². The Morgan fingerprint density at radius 1 is 1.53 bits per heavy atom. The quantitative estimate of drug-likeness (QED) is 0.910. The summed E-state index contributed by atoms with van der Waals surface area (Å²) in [5.41, 5.74) is 1.93. The van der Waals surface area contributed by atoms with Crippen LogP contribution in [0.1, 0.15) is 11.6 Å². The summed E-state index contributed by atoms with van der Waals surface area (Å²) >= 11 is 3.42. The zero-order valence-electron chi connectivity index (χ0n) is 9.47. The molecule has 0 radical (unpaired) electrons. The lowest BCUT2D eigenvalue weighted by molar-refractivity contribution is 0.276. The third-order valence-corrected chi connectivity index (χ3v) is 2.97. The normalized spacial score (nSPS) is 12.4. The van der Waals surface area contributed by atoms with Crippen molar-refractivity contribution in [2.24, 2.45) is 7.05 Å². The molecule has 90 valence electrons. The number of nitrogens with zero attached hydrogens (tertiary/aromatic N) is 2. The molecule has 17 heavy (non-hydrogen) atoms. The van der Waals surface area contributed by atoms with Crippen molar-refractivity contribution in [2.45, 2.75) is 6.04 Å². The molecule has 0 aliphatic heterocycles. The fourth-order valence-electron chi connectivity index (χ4n) is 1.63. The lowest BCUT2D eigenvalue weighted by Gasteiger charge is -2.16. The first-order chi connectivity index (χ1) is 8.19. The number of aliphatic hydroxyl groups is 1. The maximum absolute atomic E-state index is 9.41. The molecule has 0 aliphatic carbocycles. The molecule has 5 heteroatoms. The third kappa shape index (κ3) is 3.08. The van der Waals surface area contributed by atoms with Crippen LogP contribution in [0.15, 0.2) is 41.1 Å². The Balaban J connectivity index is 2.15. The van der Waals surface area contributed by atoms with Gasteiger partial charge in [0.15, 0.2) is 0 Å². The minimum atomic E-state index is -0.141. The predicted octanol–water partition coefficient (Wildman–Crippen LogP) is 2.33. The summed E-state index contributed by atoms with van der Waals surface area (Å²) in [4.78, 5) is 0. The summed E-state index contributed by atoms with van der Waals surface area (Å²) in [7, 11) is 1.86. The first-order valence-corrected chi connectivity index (χ1v) is 6.10. The average Bonchev–Trinajstić information content (AvgIpc) is 2.73. The van der Waals surface area contributed by atoms with E-state index in [0.29, 0.717) is 0 Å². The number of aryl methyl sites for hydroxylation is 1. The van der Waals surface area contributed by atoms with Crippen LogP contribution in [0.3, 0.4) is 0 Å². The van der Waals surface area contributed by atoms with Gasteiger partial charge in [0.1, 0.15) is 0 Å². The number of halogens is 1. The lowest BCUT2D eigenvalue weighted by Crippen LogP contribution is -2.14. The second kappa shape index (κ2) is 5.33. The highest BCUT2D eigenvalue weighted by atomic mass is 79.9. The Kier molecular flexibility index (Phi) is 3.81. The molecule has 4 nitrogen and oxygen atoms in total. The summed E-state index contributed by atoms with van der Waals surface area (Å²) in [6.07, 6.45) is 3.65. The van der Waals surface area contributed by atoms with Gasteiger partial charge in [-0.25, -0.2) is 0 Å². The van der Waals surface area contributed by atoms with Gasteiger partial charge in [-0.1, -0.05) is 22.0 Å².